The lowest BCUT2D eigenvalue weighted by atomic mass is 9.97. The molecule has 1 aromatic rings. The highest BCUT2D eigenvalue weighted by atomic mass is 16.5. The Morgan fingerprint density at radius 2 is 1.76 bits per heavy atom. The van der Waals surface area contributed by atoms with Crippen molar-refractivity contribution in [2.24, 2.45) is 0 Å². The molecule has 1 N–H and O–H groups in total. The molecule has 94 valence electrons. The number of carbonyl (C=O) groups excluding carboxylic acids is 1. The largest absolute Gasteiger partial charge is 0.374 e. The van der Waals surface area contributed by atoms with Crippen molar-refractivity contribution < 1.29 is 9.53 Å². The predicted octanol–water partition coefficient (Wildman–Crippen LogP) is 2.71. The minimum absolute atomic E-state index is 0.0400. The Morgan fingerprint density at radius 3 is 2.18 bits per heavy atom. The fourth-order valence-electron chi connectivity index (χ4n) is 1.49. The van der Waals surface area contributed by atoms with Gasteiger partial charge in [0.2, 0.25) is 0 Å². The van der Waals surface area contributed by atoms with Gasteiger partial charge in [-0.05, 0) is 45.4 Å². The molecule has 3 heteroatoms. The lowest BCUT2D eigenvalue weighted by molar-refractivity contribution is 0.0192. The summed E-state index contributed by atoms with van der Waals surface area (Å²) in [5.74, 6) is -0.0400. The summed E-state index contributed by atoms with van der Waals surface area (Å²) in [5, 5.41) is 2.86. The van der Waals surface area contributed by atoms with E-state index >= 15 is 0 Å². The van der Waals surface area contributed by atoms with Crippen molar-refractivity contribution in [3.8, 4) is 0 Å². The second kappa shape index (κ2) is 5.32. The van der Waals surface area contributed by atoms with Crippen molar-refractivity contribution in [3.63, 3.8) is 0 Å². The van der Waals surface area contributed by atoms with E-state index in [0.717, 1.165) is 5.56 Å². The number of amides is 1. The molecule has 0 saturated heterocycles. The van der Waals surface area contributed by atoms with Crippen LogP contribution in [-0.4, -0.2) is 19.1 Å². The lowest BCUT2D eigenvalue weighted by Gasteiger charge is -2.23. The van der Waals surface area contributed by atoms with E-state index in [1.165, 1.54) is 0 Å². The van der Waals surface area contributed by atoms with E-state index in [-0.39, 0.29) is 17.6 Å². The summed E-state index contributed by atoms with van der Waals surface area (Å²) < 4.78 is 5.39. The zero-order valence-corrected chi connectivity index (χ0v) is 11.2. The first-order valence-corrected chi connectivity index (χ1v) is 5.83. The summed E-state index contributed by atoms with van der Waals surface area (Å²) in [6, 6.07) is 7.66. The highest BCUT2D eigenvalue weighted by Gasteiger charge is 2.19. The van der Waals surface area contributed by atoms with Crippen LogP contribution in [0.4, 0.5) is 0 Å². The smallest absolute Gasteiger partial charge is 0.251 e. The SMILES string of the molecule is COC(C)(C)c1ccc(C(=O)NC(C)C)cc1. The number of hydrogen-bond donors (Lipinski definition) is 1. The van der Waals surface area contributed by atoms with Crippen molar-refractivity contribution >= 4 is 5.91 Å². The van der Waals surface area contributed by atoms with Crippen LogP contribution in [0, 0.1) is 0 Å². The number of hydrogen-bond acceptors (Lipinski definition) is 2. The fourth-order valence-corrected chi connectivity index (χ4v) is 1.49. The minimum Gasteiger partial charge on any atom is -0.374 e. The van der Waals surface area contributed by atoms with Gasteiger partial charge in [0.25, 0.3) is 5.91 Å². The molecule has 0 saturated carbocycles. The van der Waals surface area contributed by atoms with Gasteiger partial charge in [-0.1, -0.05) is 12.1 Å². The van der Waals surface area contributed by atoms with Gasteiger partial charge in [-0.3, -0.25) is 4.79 Å². The second-order valence-corrected chi connectivity index (χ2v) is 4.92. The molecule has 0 unspecified atom stereocenters. The molecule has 0 heterocycles. The van der Waals surface area contributed by atoms with Crippen LogP contribution < -0.4 is 5.32 Å². The standard InChI is InChI=1S/C14H21NO2/c1-10(2)15-13(16)11-6-8-12(9-7-11)14(3,4)17-5/h6-10H,1-5H3,(H,15,16). The molecule has 0 aromatic heterocycles. The van der Waals surface area contributed by atoms with Crippen LogP contribution in [0.1, 0.15) is 43.6 Å². The number of ether oxygens (including phenoxy) is 1. The van der Waals surface area contributed by atoms with Gasteiger partial charge < -0.3 is 10.1 Å². The predicted molar refractivity (Wildman–Crippen MR) is 69.1 cm³/mol. The average molecular weight is 235 g/mol. The zero-order valence-electron chi connectivity index (χ0n) is 11.2. The molecular formula is C14H21NO2. The number of carbonyl (C=O) groups is 1. The van der Waals surface area contributed by atoms with Crippen LogP contribution in [0.15, 0.2) is 24.3 Å². The lowest BCUT2D eigenvalue weighted by Crippen LogP contribution is -2.30. The van der Waals surface area contributed by atoms with E-state index in [0.29, 0.717) is 5.56 Å². The number of nitrogens with one attached hydrogen (secondary N) is 1. The maximum absolute atomic E-state index is 11.7. The number of rotatable bonds is 4. The second-order valence-electron chi connectivity index (χ2n) is 4.92. The summed E-state index contributed by atoms with van der Waals surface area (Å²) in [6.07, 6.45) is 0. The summed E-state index contributed by atoms with van der Waals surface area (Å²) >= 11 is 0. The molecule has 0 aliphatic rings. The third kappa shape index (κ3) is 3.56. The van der Waals surface area contributed by atoms with E-state index < -0.39 is 0 Å². The summed E-state index contributed by atoms with van der Waals surface area (Å²) in [4.78, 5) is 11.7. The highest BCUT2D eigenvalue weighted by Crippen LogP contribution is 2.23. The molecule has 1 aromatic carbocycles. The molecule has 3 nitrogen and oxygen atoms in total. The van der Waals surface area contributed by atoms with Gasteiger partial charge in [-0.2, -0.15) is 0 Å². The third-order valence-corrected chi connectivity index (χ3v) is 2.77. The van der Waals surface area contributed by atoms with Crippen molar-refractivity contribution in [1.82, 2.24) is 5.32 Å². The molecule has 0 atom stereocenters. The van der Waals surface area contributed by atoms with E-state index in [1.807, 2.05) is 52.0 Å². The minimum atomic E-state index is -0.326. The van der Waals surface area contributed by atoms with Gasteiger partial charge in [0, 0.05) is 18.7 Å². The summed E-state index contributed by atoms with van der Waals surface area (Å²) in [6.45, 7) is 7.88. The van der Waals surface area contributed by atoms with E-state index in [4.69, 9.17) is 4.74 Å². The Balaban J connectivity index is 2.85. The Morgan fingerprint density at radius 1 is 1.24 bits per heavy atom. The maximum Gasteiger partial charge on any atom is 0.251 e. The molecule has 17 heavy (non-hydrogen) atoms. The Bertz CT molecular complexity index is 380. The van der Waals surface area contributed by atoms with Gasteiger partial charge in [0.1, 0.15) is 0 Å². The van der Waals surface area contributed by atoms with Crippen LogP contribution >= 0.6 is 0 Å². The molecule has 0 aliphatic heterocycles. The highest BCUT2D eigenvalue weighted by molar-refractivity contribution is 5.94. The maximum atomic E-state index is 11.7. The zero-order chi connectivity index (χ0) is 13.1. The van der Waals surface area contributed by atoms with E-state index in [2.05, 4.69) is 5.32 Å². The molecule has 0 bridgehead atoms. The first kappa shape index (κ1) is 13.7. The topological polar surface area (TPSA) is 38.3 Å². The normalized spacial score (nSPS) is 11.6. The van der Waals surface area contributed by atoms with Crippen LogP contribution in [0.5, 0.6) is 0 Å². The molecule has 0 fully saturated rings. The fraction of sp³-hybridized carbons (Fsp3) is 0.500. The van der Waals surface area contributed by atoms with Crippen LogP contribution in [0.25, 0.3) is 0 Å². The third-order valence-electron chi connectivity index (χ3n) is 2.77. The van der Waals surface area contributed by atoms with Crippen LogP contribution in [0.3, 0.4) is 0 Å². The molecule has 0 aliphatic carbocycles. The monoisotopic (exact) mass is 235 g/mol. The van der Waals surface area contributed by atoms with Gasteiger partial charge in [-0.15, -0.1) is 0 Å². The molecule has 1 rings (SSSR count). The van der Waals surface area contributed by atoms with E-state index in [9.17, 15) is 4.79 Å². The van der Waals surface area contributed by atoms with Crippen molar-refractivity contribution in [2.75, 3.05) is 7.11 Å². The Kier molecular flexibility index (Phi) is 4.29. The summed E-state index contributed by atoms with van der Waals surface area (Å²) in [7, 11) is 1.68. The van der Waals surface area contributed by atoms with Crippen molar-refractivity contribution in [3.05, 3.63) is 35.4 Å². The quantitative estimate of drug-likeness (QED) is 0.871. The molecular weight excluding hydrogens is 214 g/mol. The van der Waals surface area contributed by atoms with Crippen molar-refractivity contribution in [1.29, 1.82) is 0 Å². The van der Waals surface area contributed by atoms with Crippen LogP contribution in [-0.2, 0) is 10.3 Å². The first-order valence-electron chi connectivity index (χ1n) is 5.83. The number of benzene rings is 1. The summed E-state index contributed by atoms with van der Waals surface area (Å²) in [5.41, 5.74) is 1.41. The van der Waals surface area contributed by atoms with E-state index in [1.54, 1.807) is 7.11 Å². The Hall–Kier alpha value is -1.35. The van der Waals surface area contributed by atoms with Gasteiger partial charge in [0.05, 0.1) is 5.60 Å². The molecule has 0 spiro atoms. The Labute approximate surface area is 103 Å². The van der Waals surface area contributed by atoms with Gasteiger partial charge in [-0.25, -0.2) is 0 Å². The molecule has 1 amide bonds. The van der Waals surface area contributed by atoms with Crippen molar-refractivity contribution in [2.45, 2.75) is 39.3 Å². The van der Waals surface area contributed by atoms with Gasteiger partial charge in [0.15, 0.2) is 0 Å². The number of methoxy groups -OCH3 is 1. The molecule has 0 radical (unpaired) electrons. The first-order chi connectivity index (χ1) is 7.86. The van der Waals surface area contributed by atoms with Crippen LogP contribution in [0.2, 0.25) is 0 Å². The van der Waals surface area contributed by atoms with Gasteiger partial charge >= 0.3 is 0 Å². The average Bonchev–Trinajstić information content (AvgIpc) is 2.28.